The fraction of sp³-hybridized carbons (Fsp3) is 0.800. The van der Waals surface area contributed by atoms with E-state index in [1.807, 2.05) is 0 Å². The first-order valence-corrected chi connectivity index (χ1v) is 5.09. The molecule has 1 aliphatic carbocycles. The third kappa shape index (κ3) is 2.46. The van der Waals surface area contributed by atoms with E-state index in [1.54, 1.807) is 0 Å². The molecule has 1 fully saturated rings. The van der Waals surface area contributed by atoms with Crippen LogP contribution in [0.1, 0.15) is 32.6 Å². The van der Waals surface area contributed by atoms with Crippen molar-refractivity contribution in [2.75, 3.05) is 0 Å². The van der Waals surface area contributed by atoms with Gasteiger partial charge in [-0.05, 0) is 24.7 Å². The van der Waals surface area contributed by atoms with Crippen molar-refractivity contribution in [3.63, 3.8) is 0 Å². The van der Waals surface area contributed by atoms with Gasteiger partial charge < -0.3 is 0 Å². The Labute approximate surface area is 84.4 Å². The number of amides is 1. The van der Waals surface area contributed by atoms with Crippen molar-refractivity contribution in [1.82, 2.24) is 5.43 Å². The number of carbonyl (C=O) groups excluding carboxylic acids is 1. The summed E-state index contributed by atoms with van der Waals surface area (Å²) in [5.74, 6) is 4.94. The Hall–Kier alpha value is -1.08. The van der Waals surface area contributed by atoms with Crippen LogP contribution >= 0.6 is 0 Å². The highest BCUT2D eigenvalue weighted by atomic mass is 16.2. The molecule has 3 N–H and O–H groups in total. The molecule has 0 bridgehead atoms. The Bertz CT molecular complexity index is 246. The quantitative estimate of drug-likeness (QED) is 0.391. The van der Waals surface area contributed by atoms with Crippen LogP contribution in [0.2, 0.25) is 0 Å². The molecule has 0 radical (unpaired) electrons. The predicted molar refractivity (Wildman–Crippen MR) is 52.6 cm³/mol. The fourth-order valence-electron chi connectivity index (χ4n) is 2.25. The van der Waals surface area contributed by atoms with Gasteiger partial charge in [0.25, 0.3) is 5.91 Å². The van der Waals surface area contributed by atoms with Gasteiger partial charge in [-0.1, -0.05) is 19.8 Å². The molecule has 1 saturated carbocycles. The van der Waals surface area contributed by atoms with Crippen molar-refractivity contribution >= 4 is 5.91 Å². The molecule has 1 aliphatic rings. The predicted octanol–water partition coefficient (Wildman–Crippen LogP) is 0.942. The van der Waals surface area contributed by atoms with Crippen molar-refractivity contribution in [3.8, 4) is 6.07 Å². The van der Waals surface area contributed by atoms with E-state index < -0.39 is 5.92 Å². The van der Waals surface area contributed by atoms with Crippen molar-refractivity contribution in [3.05, 3.63) is 0 Å². The number of rotatable bonds is 2. The molecule has 4 nitrogen and oxygen atoms in total. The Morgan fingerprint density at radius 1 is 1.64 bits per heavy atom. The van der Waals surface area contributed by atoms with Crippen LogP contribution in [0.3, 0.4) is 0 Å². The van der Waals surface area contributed by atoms with Crippen molar-refractivity contribution in [2.24, 2.45) is 23.6 Å². The van der Waals surface area contributed by atoms with Crippen LogP contribution in [-0.2, 0) is 4.79 Å². The Kier molecular flexibility index (Phi) is 3.90. The maximum atomic E-state index is 11.3. The molecule has 1 amide bonds. The molecule has 0 aliphatic heterocycles. The number of nitriles is 1. The number of hydrogen-bond donors (Lipinski definition) is 2. The molecule has 4 heteroatoms. The summed E-state index contributed by atoms with van der Waals surface area (Å²) in [7, 11) is 0. The lowest BCUT2D eigenvalue weighted by molar-refractivity contribution is -0.125. The van der Waals surface area contributed by atoms with E-state index in [4.69, 9.17) is 11.1 Å². The van der Waals surface area contributed by atoms with Gasteiger partial charge in [0.1, 0.15) is 5.92 Å². The molecule has 1 rings (SSSR count). The van der Waals surface area contributed by atoms with Crippen LogP contribution in [0.15, 0.2) is 0 Å². The maximum absolute atomic E-state index is 11.3. The molecular weight excluding hydrogens is 178 g/mol. The first kappa shape index (κ1) is 11.0. The Morgan fingerprint density at radius 2 is 2.36 bits per heavy atom. The van der Waals surface area contributed by atoms with Gasteiger partial charge in [-0.3, -0.25) is 10.2 Å². The zero-order valence-electron chi connectivity index (χ0n) is 8.49. The van der Waals surface area contributed by atoms with E-state index in [9.17, 15) is 4.79 Å². The van der Waals surface area contributed by atoms with Crippen LogP contribution in [0.5, 0.6) is 0 Å². The van der Waals surface area contributed by atoms with E-state index in [-0.39, 0.29) is 11.8 Å². The number of hydrogen-bond acceptors (Lipinski definition) is 3. The van der Waals surface area contributed by atoms with E-state index in [0.717, 1.165) is 19.3 Å². The van der Waals surface area contributed by atoms with Gasteiger partial charge in [0.2, 0.25) is 0 Å². The second-order valence-electron chi connectivity index (χ2n) is 4.15. The zero-order chi connectivity index (χ0) is 10.6. The first-order chi connectivity index (χ1) is 6.69. The number of nitrogens with one attached hydrogen (secondary N) is 1. The van der Waals surface area contributed by atoms with Gasteiger partial charge >= 0.3 is 0 Å². The summed E-state index contributed by atoms with van der Waals surface area (Å²) < 4.78 is 0. The maximum Gasteiger partial charge on any atom is 0.251 e. The molecule has 3 unspecified atom stereocenters. The highest BCUT2D eigenvalue weighted by molar-refractivity contribution is 5.80. The standard InChI is InChI=1S/C10H17N3O/c1-7-3-2-4-8(5-7)9(6-11)10(14)13-12/h7-9H,2-5,12H2,1H3,(H,13,14). The van der Waals surface area contributed by atoms with Gasteiger partial charge in [-0.25, -0.2) is 5.84 Å². The summed E-state index contributed by atoms with van der Waals surface area (Å²) in [5, 5.41) is 8.90. The average Bonchev–Trinajstić information content (AvgIpc) is 2.19. The highest BCUT2D eigenvalue weighted by Gasteiger charge is 2.31. The van der Waals surface area contributed by atoms with Gasteiger partial charge in [-0.2, -0.15) is 5.26 Å². The minimum Gasteiger partial charge on any atom is -0.293 e. The molecular formula is C10H17N3O. The van der Waals surface area contributed by atoms with E-state index in [2.05, 4.69) is 18.4 Å². The molecule has 3 atom stereocenters. The molecule has 0 aromatic carbocycles. The molecule has 0 spiro atoms. The van der Waals surface area contributed by atoms with Crippen LogP contribution in [0.4, 0.5) is 0 Å². The lowest BCUT2D eigenvalue weighted by Gasteiger charge is -2.28. The second kappa shape index (κ2) is 4.97. The minimum atomic E-state index is -0.567. The van der Waals surface area contributed by atoms with Crippen LogP contribution in [0.25, 0.3) is 0 Å². The Morgan fingerprint density at radius 3 is 2.86 bits per heavy atom. The monoisotopic (exact) mass is 195 g/mol. The SMILES string of the molecule is CC1CCCC(C(C#N)C(=O)NN)C1. The summed E-state index contributed by atoms with van der Waals surface area (Å²) in [5.41, 5.74) is 2.07. The first-order valence-electron chi connectivity index (χ1n) is 5.09. The minimum absolute atomic E-state index is 0.187. The summed E-state index contributed by atoms with van der Waals surface area (Å²) in [6.07, 6.45) is 4.25. The van der Waals surface area contributed by atoms with Crippen LogP contribution in [-0.4, -0.2) is 5.91 Å². The summed E-state index contributed by atoms with van der Waals surface area (Å²) in [4.78, 5) is 11.3. The largest absolute Gasteiger partial charge is 0.293 e. The topological polar surface area (TPSA) is 78.9 Å². The van der Waals surface area contributed by atoms with E-state index >= 15 is 0 Å². The summed E-state index contributed by atoms with van der Waals surface area (Å²) in [6.45, 7) is 2.17. The highest BCUT2D eigenvalue weighted by Crippen LogP contribution is 2.33. The lowest BCUT2D eigenvalue weighted by atomic mass is 9.76. The van der Waals surface area contributed by atoms with Crippen molar-refractivity contribution < 1.29 is 4.79 Å². The number of carbonyl (C=O) groups is 1. The molecule has 0 aromatic rings. The smallest absolute Gasteiger partial charge is 0.251 e. The van der Waals surface area contributed by atoms with Gasteiger partial charge in [-0.15, -0.1) is 0 Å². The normalized spacial score (nSPS) is 28.9. The number of nitrogens with zero attached hydrogens (tertiary/aromatic N) is 1. The van der Waals surface area contributed by atoms with Gasteiger partial charge in [0, 0.05) is 0 Å². The van der Waals surface area contributed by atoms with Crippen LogP contribution < -0.4 is 11.3 Å². The third-order valence-electron chi connectivity index (χ3n) is 3.01. The Balaban J connectivity index is 2.60. The third-order valence-corrected chi connectivity index (χ3v) is 3.01. The zero-order valence-corrected chi connectivity index (χ0v) is 8.49. The fourth-order valence-corrected chi connectivity index (χ4v) is 2.25. The molecule has 0 aromatic heterocycles. The number of hydrazine groups is 1. The van der Waals surface area contributed by atoms with Crippen molar-refractivity contribution in [2.45, 2.75) is 32.6 Å². The molecule has 14 heavy (non-hydrogen) atoms. The van der Waals surface area contributed by atoms with Gasteiger partial charge in [0.15, 0.2) is 0 Å². The van der Waals surface area contributed by atoms with E-state index in [0.29, 0.717) is 5.92 Å². The number of nitrogens with two attached hydrogens (primary N) is 1. The van der Waals surface area contributed by atoms with Gasteiger partial charge in [0.05, 0.1) is 6.07 Å². The van der Waals surface area contributed by atoms with Crippen LogP contribution in [0, 0.1) is 29.1 Å². The second-order valence-corrected chi connectivity index (χ2v) is 4.15. The molecule has 78 valence electrons. The average molecular weight is 195 g/mol. The van der Waals surface area contributed by atoms with E-state index in [1.165, 1.54) is 6.42 Å². The summed E-state index contributed by atoms with van der Waals surface area (Å²) in [6, 6.07) is 2.05. The molecule has 0 saturated heterocycles. The molecule has 0 heterocycles. The lowest BCUT2D eigenvalue weighted by Crippen LogP contribution is -2.39. The van der Waals surface area contributed by atoms with Crippen molar-refractivity contribution in [1.29, 1.82) is 5.26 Å². The summed E-state index contributed by atoms with van der Waals surface area (Å²) >= 11 is 0.